The number of para-hydroxylation sites is 1. The van der Waals surface area contributed by atoms with Crippen LogP contribution in [0.25, 0.3) is 0 Å². The molecule has 0 bridgehead atoms. The molecule has 0 radical (unpaired) electrons. The van der Waals surface area contributed by atoms with Gasteiger partial charge in [0.1, 0.15) is 5.69 Å². The van der Waals surface area contributed by atoms with E-state index in [0.717, 1.165) is 31.5 Å². The Bertz CT molecular complexity index is 835. The number of anilines is 2. The Hall–Kier alpha value is -2.89. The van der Waals surface area contributed by atoms with E-state index in [1.54, 1.807) is 12.1 Å². The number of benzene rings is 2. The van der Waals surface area contributed by atoms with Crippen LogP contribution in [0, 0.1) is 23.0 Å². The molecule has 1 saturated heterocycles. The number of nitro groups is 1. The number of aryl methyl sites for hydroxylation is 1. The van der Waals surface area contributed by atoms with Crippen LogP contribution in [-0.4, -0.2) is 23.9 Å². The molecule has 0 spiro atoms. The summed E-state index contributed by atoms with van der Waals surface area (Å²) >= 11 is 0. The summed E-state index contributed by atoms with van der Waals surface area (Å²) in [6.45, 7) is 5.66. The van der Waals surface area contributed by atoms with Crippen LogP contribution in [0.15, 0.2) is 42.5 Å². The summed E-state index contributed by atoms with van der Waals surface area (Å²) in [4.78, 5) is 25.8. The van der Waals surface area contributed by atoms with Crippen molar-refractivity contribution in [2.24, 2.45) is 5.92 Å². The maximum absolute atomic E-state index is 12.5. The third kappa shape index (κ3) is 3.85. The van der Waals surface area contributed by atoms with Crippen molar-refractivity contribution in [1.82, 2.24) is 0 Å². The summed E-state index contributed by atoms with van der Waals surface area (Å²) in [5.74, 6) is 0.161. The highest BCUT2D eigenvalue weighted by atomic mass is 16.6. The van der Waals surface area contributed by atoms with Gasteiger partial charge in [-0.05, 0) is 49.4 Å². The molecule has 1 heterocycles. The van der Waals surface area contributed by atoms with Crippen LogP contribution in [-0.2, 0) is 0 Å². The van der Waals surface area contributed by atoms with Gasteiger partial charge >= 0.3 is 0 Å². The van der Waals surface area contributed by atoms with Crippen molar-refractivity contribution in [2.75, 3.05) is 23.3 Å². The lowest BCUT2D eigenvalue weighted by atomic mass is 9.99. The number of amides is 1. The second kappa shape index (κ2) is 7.56. The molecule has 2 aromatic rings. The lowest BCUT2D eigenvalue weighted by Gasteiger charge is -2.32. The molecule has 6 nitrogen and oxygen atoms in total. The molecule has 1 atom stereocenters. The predicted molar refractivity (Wildman–Crippen MR) is 103 cm³/mol. The largest absolute Gasteiger partial charge is 0.366 e. The minimum Gasteiger partial charge on any atom is -0.366 e. The number of carbonyl (C=O) groups is 1. The van der Waals surface area contributed by atoms with Gasteiger partial charge in [-0.25, -0.2) is 0 Å². The molecule has 0 aromatic heterocycles. The predicted octanol–water partition coefficient (Wildman–Crippen LogP) is 4.39. The first kappa shape index (κ1) is 17.9. The third-order valence-corrected chi connectivity index (χ3v) is 4.83. The number of piperidine rings is 1. The summed E-state index contributed by atoms with van der Waals surface area (Å²) in [5, 5.41) is 14.4. The molecule has 1 amide bonds. The highest BCUT2D eigenvalue weighted by molar-refractivity contribution is 6.05. The standard InChI is InChI=1S/C20H23N3O3/c1-14-6-5-11-22(13-14)18-10-9-16(12-19(18)23(25)26)20(24)21-17-8-4-3-7-15(17)2/h3-4,7-10,12,14H,5-6,11,13H2,1-2H3,(H,21,24)/t14-/m0/s1. The topological polar surface area (TPSA) is 75.5 Å². The van der Waals surface area contributed by atoms with Gasteiger partial charge in [0.25, 0.3) is 11.6 Å². The van der Waals surface area contributed by atoms with Crippen LogP contribution in [0.1, 0.15) is 35.7 Å². The molecular formula is C20H23N3O3. The fourth-order valence-corrected chi connectivity index (χ4v) is 3.39. The third-order valence-electron chi connectivity index (χ3n) is 4.83. The number of rotatable bonds is 4. The first-order valence-corrected chi connectivity index (χ1v) is 8.86. The molecule has 0 aliphatic carbocycles. The van der Waals surface area contributed by atoms with Crippen molar-refractivity contribution in [3.8, 4) is 0 Å². The Kier molecular flexibility index (Phi) is 5.21. The summed E-state index contributed by atoms with van der Waals surface area (Å²) in [7, 11) is 0. The first-order valence-electron chi connectivity index (χ1n) is 8.86. The minimum atomic E-state index is -0.404. The zero-order valence-corrected chi connectivity index (χ0v) is 15.1. The molecule has 1 aliphatic heterocycles. The molecule has 26 heavy (non-hydrogen) atoms. The van der Waals surface area contributed by atoms with Gasteiger partial charge in [0.2, 0.25) is 0 Å². The summed E-state index contributed by atoms with van der Waals surface area (Å²) in [6, 6.07) is 12.2. The van der Waals surface area contributed by atoms with Crippen LogP contribution in [0.5, 0.6) is 0 Å². The van der Waals surface area contributed by atoms with Crippen molar-refractivity contribution in [3.05, 3.63) is 63.7 Å². The average Bonchev–Trinajstić information content (AvgIpc) is 2.63. The Labute approximate surface area is 153 Å². The lowest BCUT2D eigenvalue weighted by molar-refractivity contribution is -0.384. The Morgan fingerprint density at radius 3 is 2.73 bits per heavy atom. The SMILES string of the molecule is Cc1ccccc1NC(=O)c1ccc(N2CCC[C@H](C)C2)c([N+](=O)[O-])c1. The van der Waals surface area contributed by atoms with E-state index in [2.05, 4.69) is 17.1 Å². The van der Waals surface area contributed by atoms with Crippen LogP contribution >= 0.6 is 0 Å². The normalized spacial score (nSPS) is 17.0. The number of hydrogen-bond donors (Lipinski definition) is 1. The highest BCUT2D eigenvalue weighted by Crippen LogP contribution is 2.32. The van der Waals surface area contributed by atoms with E-state index in [4.69, 9.17) is 0 Å². The van der Waals surface area contributed by atoms with Crippen molar-refractivity contribution < 1.29 is 9.72 Å². The van der Waals surface area contributed by atoms with Crippen molar-refractivity contribution in [3.63, 3.8) is 0 Å². The molecule has 6 heteroatoms. The van der Waals surface area contributed by atoms with Gasteiger partial charge in [-0.15, -0.1) is 0 Å². The first-order chi connectivity index (χ1) is 12.5. The van der Waals surface area contributed by atoms with Gasteiger partial charge in [0.15, 0.2) is 0 Å². The second-order valence-electron chi connectivity index (χ2n) is 6.92. The van der Waals surface area contributed by atoms with Gasteiger partial charge in [0.05, 0.1) is 4.92 Å². The van der Waals surface area contributed by atoms with E-state index in [0.29, 0.717) is 17.3 Å². The molecule has 1 aliphatic rings. The molecule has 3 rings (SSSR count). The maximum Gasteiger partial charge on any atom is 0.293 e. The number of nitro benzene ring substituents is 1. The fourth-order valence-electron chi connectivity index (χ4n) is 3.39. The van der Waals surface area contributed by atoms with Gasteiger partial charge in [-0.3, -0.25) is 14.9 Å². The number of nitrogens with zero attached hydrogens (tertiary/aromatic N) is 2. The summed E-state index contributed by atoms with van der Waals surface area (Å²) < 4.78 is 0. The molecule has 1 N–H and O–H groups in total. The molecule has 2 aromatic carbocycles. The van der Waals surface area contributed by atoms with E-state index in [9.17, 15) is 14.9 Å². The molecule has 136 valence electrons. The maximum atomic E-state index is 12.5. The quantitative estimate of drug-likeness (QED) is 0.653. The number of carbonyl (C=O) groups excluding carboxylic acids is 1. The van der Waals surface area contributed by atoms with E-state index >= 15 is 0 Å². The van der Waals surface area contributed by atoms with Gasteiger partial charge < -0.3 is 10.2 Å². The zero-order valence-electron chi connectivity index (χ0n) is 15.1. The van der Waals surface area contributed by atoms with E-state index in [1.807, 2.05) is 31.2 Å². The highest BCUT2D eigenvalue weighted by Gasteiger charge is 2.25. The molecule has 0 saturated carbocycles. The van der Waals surface area contributed by atoms with E-state index in [1.165, 1.54) is 6.07 Å². The van der Waals surface area contributed by atoms with Gasteiger partial charge in [0, 0.05) is 30.4 Å². The second-order valence-corrected chi connectivity index (χ2v) is 6.92. The molecule has 0 unspecified atom stereocenters. The summed E-state index contributed by atoms with van der Waals surface area (Å²) in [5.41, 5.74) is 2.50. The Morgan fingerprint density at radius 2 is 2.04 bits per heavy atom. The molecular weight excluding hydrogens is 330 g/mol. The van der Waals surface area contributed by atoms with E-state index in [-0.39, 0.29) is 17.2 Å². The smallest absolute Gasteiger partial charge is 0.293 e. The number of hydrogen-bond acceptors (Lipinski definition) is 4. The van der Waals surface area contributed by atoms with Crippen LogP contribution in [0.2, 0.25) is 0 Å². The van der Waals surface area contributed by atoms with Gasteiger partial charge in [-0.1, -0.05) is 25.1 Å². The van der Waals surface area contributed by atoms with Crippen molar-refractivity contribution in [2.45, 2.75) is 26.7 Å². The monoisotopic (exact) mass is 353 g/mol. The molecule has 1 fully saturated rings. The van der Waals surface area contributed by atoms with Crippen LogP contribution in [0.3, 0.4) is 0 Å². The Balaban J connectivity index is 1.87. The zero-order chi connectivity index (χ0) is 18.7. The van der Waals surface area contributed by atoms with Crippen LogP contribution in [0.4, 0.5) is 17.1 Å². The lowest BCUT2D eigenvalue weighted by Crippen LogP contribution is -2.34. The fraction of sp³-hybridized carbons (Fsp3) is 0.350. The minimum absolute atomic E-state index is 0.0171. The van der Waals surface area contributed by atoms with E-state index < -0.39 is 4.92 Å². The Morgan fingerprint density at radius 1 is 1.27 bits per heavy atom. The van der Waals surface area contributed by atoms with Crippen molar-refractivity contribution in [1.29, 1.82) is 0 Å². The average molecular weight is 353 g/mol. The van der Waals surface area contributed by atoms with Crippen LogP contribution < -0.4 is 10.2 Å². The summed E-state index contributed by atoms with van der Waals surface area (Å²) in [6.07, 6.45) is 2.16. The van der Waals surface area contributed by atoms with Gasteiger partial charge in [-0.2, -0.15) is 0 Å². The number of nitrogens with one attached hydrogen (secondary N) is 1. The van der Waals surface area contributed by atoms with Crippen molar-refractivity contribution >= 4 is 23.0 Å².